The van der Waals surface area contributed by atoms with E-state index in [9.17, 15) is 0 Å². The number of oxime groups is 1. The topological polar surface area (TPSA) is 21.6 Å². The molecule has 0 aliphatic carbocycles. The summed E-state index contributed by atoms with van der Waals surface area (Å²) >= 11 is 0. The quantitative estimate of drug-likeness (QED) is 0.591. The van der Waals surface area contributed by atoms with Gasteiger partial charge in [0.15, 0.2) is 0 Å². The zero-order chi connectivity index (χ0) is 7.45. The van der Waals surface area contributed by atoms with Crippen LogP contribution in [0.15, 0.2) is 5.16 Å². The van der Waals surface area contributed by atoms with Gasteiger partial charge in [-0.1, -0.05) is 18.5 Å². The lowest BCUT2D eigenvalue weighted by atomic mass is 9.97. The van der Waals surface area contributed by atoms with Crippen LogP contribution in [0.4, 0.5) is 0 Å². The van der Waals surface area contributed by atoms with Gasteiger partial charge in [-0.15, -0.1) is 0 Å². The van der Waals surface area contributed by atoms with Crippen LogP contribution >= 0.6 is 0 Å². The van der Waals surface area contributed by atoms with Gasteiger partial charge in [-0.05, 0) is 19.8 Å². The van der Waals surface area contributed by atoms with E-state index in [1.54, 1.807) is 0 Å². The van der Waals surface area contributed by atoms with Gasteiger partial charge in [0.2, 0.25) is 0 Å². The lowest BCUT2D eigenvalue weighted by Crippen LogP contribution is -2.22. The Balaban J connectivity index is 2.24. The maximum absolute atomic E-state index is 5.21. The molecule has 1 aliphatic heterocycles. The molecule has 0 spiro atoms. The Morgan fingerprint density at radius 3 is 3.00 bits per heavy atom. The van der Waals surface area contributed by atoms with E-state index in [1.807, 2.05) is 6.21 Å². The van der Waals surface area contributed by atoms with E-state index in [1.165, 1.54) is 12.8 Å². The summed E-state index contributed by atoms with van der Waals surface area (Å²) in [7, 11) is 0. The molecule has 1 atom stereocenters. The van der Waals surface area contributed by atoms with Crippen LogP contribution in [0.1, 0.15) is 39.5 Å². The minimum absolute atomic E-state index is 0.0238. The molecule has 1 rings (SSSR count). The number of hydrogen-bond donors (Lipinski definition) is 0. The molecule has 0 bridgehead atoms. The van der Waals surface area contributed by atoms with Crippen molar-refractivity contribution in [2.45, 2.75) is 45.1 Å². The number of rotatable bonds is 3. The van der Waals surface area contributed by atoms with Crippen molar-refractivity contribution in [2.24, 2.45) is 5.16 Å². The minimum atomic E-state index is 0.0238. The van der Waals surface area contributed by atoms with Gasteiger partial charge in [-0.25, -0.2) is 0 Å². The Labute approximate surface area is 62.3 Å². The van der Waals surface area contributed by atoms with E-state index in [0.717, 1.165) is 12.8 Å². The summed E-state index contributed by atoms with van der Waals surface area (Å²) in [6.45, 7) is 4.31. The van der Waals surface area contributed by atoms with Crippen LogP contribution in [-0.2, 0) is 4.84 Å². The standard InChI is InChI=1S/C8H15NO/c1-3-4-5-8(2)6-7-9-10-8/h7H,3-6H2,1-2H3. The van der Waals surface area contributed by atoms with E-state index in [0.29, 0.717) is 0 Å². The third-order valence-electron chi connectivity index (χ3n) is 1.93. The van der Waals surface area contributed by atoms with Crippen LogP contribution in [0.25, 0.3) is 0 Å². The second-order valence-corrected chi connectivity index (χ2v) is 3.14. The fourth-order valence-corrected chi connectivity index (χ4v) is 1.13. The molecule has 1 unspecified atom stereocenters. The summed E-state index contributed by atoms with van der Waals surface area (Å²) < 4.78 is 0. The maximum atomic E-state index is 5.21. The van der Waals surface area contributed by atoms with Crippen LogP contribution in [-0.4, -0.2) is 11.8 Å². The third kappa shape index (κ3) is 1.72. The van der Waals surface area contributed by atoms with Crippen molar-refractivity contribution in [1.29, 1.82) is 0 Å². The molecular formula is C8H15NO. The first-order valence-electron chi connectivity index (χ1n) is 3.97. The van der Waals surface area contributed by atoms with Crippen LogP contribution < -0.4 is 0 Å². The van der Waals surface area contributed by atoms with E-state index < -0.39 is 0 Å². The molecule has 0 N–H and O–H groups in total. The number of nitrogens with zero attached hydrogens (tertiary/aromatic N) is 1. The molecular weight excluding hydrogens is 126 g/mol. The summed E-state index contributed by atoms with van der Waals surface area (Å²) in [5.41, 5.74) is 0.0238. The Hall–Kier alpha value is -0.530. The highest BCUT2D eigenvalue weighted by Crippen LogP contribution is 2.25. The van der Waals surface area contributed by atoms with Crippen molar-refractivity contribution >= 4 is 6.21 Å². The van der Waals surface area contributed by atoms with Crippen LogP contribution in [0.3, 0.4) is 0 Å². The molecule has 2 nitrogen and oxygen atoms in total. The summed E-state index contributed by atoms with van der Waals surface area (Å²) in [5.74, 6) is 0. The lowest BCUT2D eigenvalue weighted by Gasteiger charge is -2.20. The monoisotopic (exact) mass is 141 g/mol. The molecule has 0 aromatic carbocycles. The fraction of sp³-hybridized carbons (Fsp3) is 0.875. The van der Waals surface area contributed by atoms with Gasteiger partial charge >= 0.3 is 0 Å². The fourth-order valence-electron chi connectivity index (χ4n) is 1.13. The third-order valence-corrected chi connectivity index (χ3v) is 1.93. The van der Waals surface area contributed by atoms with Crippen molar-refractivity contribution in [1.82, 2.24) is 0 Å². The maximum Gasteiger partial charge on any atom is 0.140 e. The van der Waals surface area contributed by atoms with Gasteiger partial charge in [0.25, 0.3) is 0 Å². The first-order valence-corrected chi connectivity index (χ1v) is 3.97. The number of unbranched alkanes of at least 4 members (excludes halogenated alkanes) is 1. The average Bonchev–Trinajstić information content (AvgIpc) is 2.33. The summed E-state index contributed by atoms with van der Waals surface area (Å²) in [6.07, 6.45) is 6.44. The Kier molecular flexibility index (Phi) is 2.30. The summed E-state index contributed by atoms with van der Waals surface area (Å²) in [6, 6.07) is 0. The van der Waals surface area contributed by atoms with E-state index in [-0.39, 0.29) is 5.60 Å². The molecule has 10 heavy (non-hydrogen) atoms. The van der Waals surface area contributed by atoms with Crippen LogP contribution in [0, 0.1) is 0 Å². The highest BCUT2D eigenvalue weighted by Gasteiger charge is 2.27. The van der Waals surface area contributed by atoms with E-state index in [2.05, 4.69) is 19.0 Å². The highest BCUT2D eigenvalue weighted by atomic mass is 16.7. The minimum Gasteiger partial charge on any atom is -0.389 e. The van der Waals surface area contributed by atoms with Crippen molar-refractivity contribution in [3.8, 4) is 0 Å². The van der Waals surface area contributed by atoms with Crippen molar-refractivity contribution in [3.63, 3.8) is 0 Å². The van der Waals surface area contributed by atoms with Gasteiger partial charge < -0.3 is 4.84 Å². The molecule has 0 fully saturated rings. The second kappa shape index (κ2) is 3.04. The van der Waals surface area contributed by atoms with E-state index >= 15 is 0 Å². The van der Waals surface area contributed by atoms with Crippen molar-refractivity contribution in [2.75, 3.05) is 0 Å². The highest BCUT2D eigenvalue weighted by molar-refractivity contribution is 5.59. The number of hydrogen-bond acceptors (Lipinski definition) is 2. The Morgan fingerprint density at radius 1 is 1.70 bits per heavy atom. The molecule has 1 aliphatic rings. The first-order chi connectivity index (χ1) is 4.77. The summed E-state index contributed by atoms with van der Waals surface area (Å²) in [5, 5.41) is 3.76. The van der Waals surface area contributed by atoms with Crippen molar-refractivity contribution < 1.29 is 4.84 Å². The van der Waals surface area contributed by atoms with Crippen LogP contribution in [0.5, 0.6) is 0 Å². The Bertz CT molecular complexity index is 123. The predicted molar refractivity (Wildman–Crippen MR) is 42.1 cm³/mol. The molecule has 0 radical (unpaired) electrons. The van der Waals surface area contributed by atoms with Gasteiger partial charge in [0.1, 0.15) is 5.60 Å². The second-order valence-electron chi connectivity index (χ2n) is 3.14. The zero-order valence-electron chi connectivity index (χ0n) is 6.76. The smallest absolute Gasteiger partial charge is 0.140 e. The van der Waals surface area contributed by atoms with Gasteiger partial charge in [0.05, 0.1) is 0 Å². The molecule has 1 heterocycles. The lowest BCUT2D eigenvalue weighted by molar-refractivity contribution is -0.0113. The molecule has 0 amide bonds. The molecule has 0 saturated carbocycles. The summed E-state index contributed by atoms with van der Waals surface area (Å²) in [4.78, 5) is 5.21. The molecule has 0 aromatic heterocycles. The van der Waals surface area contributed by atoms with Gasteiger partial charge in [-0.2, -0.15) is 0 Å². The van der Waals surface area contributed by atoms with Gasteiger partial charge in [0, 0.05) is 12.6 Å². The van der Waals surface area contributed by atoms with Gasteiger partial charge in [-0.3, -0.25) is 0 Å². The molecule has 0 saturated heterocycles. The predicted octanol–water partition coefficient (Wildman–Crippen LogP) is 2.34. The normalized spacial score (nSPS) is 30.6. The SMILES string of the molecule is CCCCC1(C)CC=NO1. The zero-order valence-corrected chi connectivity index (χ0v) is 6.76. The molecule has 0 aromatic rings. The largest absolute Gasteiger partial charge is 0.389 e. The first kappa shape index (κ1) is 7.58. The van der Waals surface area contributed by atoms with Crippen LogP contribution in [0.2, 0.25) is 0 Å². The van der Waals surface area contributed by atoms with Crippen molar-refractivity contribution in [3.05, 3.63) is 0 Å². The van der Waals surface area contributed by atoms with E-state index in [4.69, 9.17) is 4.84 Å². The average molecular weight is 141 g/mol. The Morgan fingerprint density at radius 2 is 2.50 bits per heavy atom. The molecule has 58 valence electrons. The molecule has 2 heteroatoms.